The van der Waals surface area contributed by atoms with E-state index < -0.39 is 9.84 Å². The molecule has 1 aliphatic carbocycles. The third-order valence-corrected chi connectivity index (χ3v) is 6.53. The van der Waals surface area contributed by atoms with Crippen molar-refractivity contribution in [2.24, 2.45) is 5.41 Å². The monoisotopic (exact) mass is 295 g/mol. The topological polar surface area (TPSA) is 46.2 Å². The van der Waals surface area contributed by atoms with Gasteiger partial charge in [0, 0.05) is 6.04 Å². The van der Waals surface area contributed by atoms with Gasteiger partial charge in [-0.05, 0) is 37.3 Å². The summed E-state index contributed by atoms with van der Waals surface area (Å²) in [5.74, 6) is 0.146. The van der Waals surface area contributed by atoms with Crippen LogP contribution in [0.5, 0.6) is 0 Å². The largest absolute Gasteiger partial charge is 0.316 e. The quantitative estimate of drug-likeness (QED) is 0.929. The van der Waals surface area contributed by atoms with E-state index in [0.717, 1.165) is 24.8 Å². The van der Waals surface area contributed by atoms with Gasteiger partial charge in [-0.2, -0.15) is 0 Å². The Bertz CT molecular complexity index is 537. The van der Waals surface area contributed by atoms with Crippen LogP contribution in [0.2, 0.25) is 0 Å². The summed E-state index contributed by atoms with van der Waals surface area (Å²) in [6.07, 6.45) is 2.76. The van der Waals surface area contributed by atoms with E-state index in [9.17, 15) is 8.42 Å². The van der Waals surface area contributed by atoms with Crippen LogP contribution in [0, 0.1) is 5.41 Å². The fourth-order valence-corrected chi connectivity index (χ4v) is 5.49. The van der Waals surface area contributed by atoms with Gasteiger partial charge in [-0.15, -0.1) is 0 Å². The molecule has 1 aromatic rings. The Balaban J connectivity index is 2.22. The molecular formula is C16H25NO2S. The molecule has 2 atom stereocenters. The molecule has 4 heteroatoms. The zero-order chi connectivity index (χ0) is 14.8. The Kier molecular flexibility index (Phi) is 4.55. The molecule has 0 spiro atoms. The van der Waals surface area contributed by atoms with Gasteiger partial charge in [-0.3, -0.25) is 0 Å². The van der Waals surface area contributed by atoms with Crippen molar-refractivity contribution in [3.05, 3.63) is 35.9 Å². The van der Waals surface area contributed by atoms with Crippen molar-refractivity contribution in [2.45, 2.75) is 50.2 Å². The lowest BCUT2D eigenvalue weighted by Crippen LogP contribution is -2.49. The zero-order valence-corrected chi connectivity index (χ0v) is 13.4. The molecule has 0 aromatic heterocycles. The van der Waals surface area contributed by atoms with Gasteiger partial charge in [0.2, 0.25) is 0 Å². The number of sulfone groups is 1. The molecule has 2 rings (SSSR count). The molecule has 0 bridgehead atoms. The summed E-state index contributed by atoms with van der Waals surface area (Å²) in [5, 5.41) is 2.92. The van der Waals surface area contributed by atoms with Crippen molar-refractivity contribution in [1.29, 1.82) is 0 Å². The summed E-state index contributed by atoms with van der Waals surface area (Å²) >= 11 is 0. The zero-order valence-electron chi connectivity index (χ0n) is 12.6. The van der Waals surface area contributed by atoms with E-state index >= 15 is 0 Å². The minimum atomic E-state index is -3.13. The Hall–Kier alpha value is -0.870. The highest BCUT2D eigenvalue weighted by Gasteiger charge is 2.41. The normalized spacial score (nSPS) is 26.4. The maximum atomic E-state index is 12.8. The van der Waals surface area contributed by atoms with Crippen molar-refractivity contribution in [2.75, 3.05) is 7.05 Å². The Morgan fingerprint density at radius 1 is 1.25 bits per heavy atom. The molecule has 0 radical (unpaired) electrons. The summed E-state index contributed by atoms with van der Waals surface area (Å²) in [5.41, 5.74) is 0.993. The summed E-state index contributed by atoms with van der Waals surface area (Å²) in [7, 11) is -1.26. The van der Waals surface area contributed by atoms with Gasteiger partial charge < -0.3 is 5.32 Å². The minimum absolute atomic E-state index is 0.0803. The predicted octanol–water partition coefficient (Wildman–Crippen LogP) is 2.77. The van der Waals surface area contributed by atoms with E-state index in [0.29, 0.717) is 0 Å². The van der Waals surface area contributed by atoms with E-state index in [1.165, 1.54) is 0 Å². The molecule has 3 nitrogen and oxygen atoms in total. The molecule has 0 saturated heterocycles. The average Bonchev–Trinajstić information content (AvgIpc) is 2.38. The van der Waals surface area contributed by atoms with Gasteiger partial charge in [0.15, 0.2) is 9.84 Å². The van der Waals surface area contributed by atoms with E-state index in [1.54, 1.807) is 0 Å². The highest BCUT2D eigenvalue weighted by atomic mass is 32.2. The van der Waals surface area contributed by atoms with Crippen LogP contribution in [0.15, 0.2) is 30.3 Å². The number of rotatable bonds is 4. The molecule has 2 unspecified atom stereocenters. The maximum absolute atomic E-state index is 12.8. The van der Waals surface area contributed by atoms with Crippen LogP contribution >= 0.6 is 0 Å². The fraction of sp³-hybridized carbons (Fsp3) is 0.625. The van der Waals surface area contributed by atoms with E-state index in [4.69, 9.17) is 0 Å². The highest BCUT2D eigenvalue weighted by molar-refractivity contribution is 7.91. The molecule has 0 heterocycles. The lowest BCUT2D eigenvalue weighted by Gasteiger charge is -2.40. The van der Waals surface area contributed by atoms with Crippen molar-refractivity contribution >= 4 is 9.84 Å². The first kappa shape index (κ1) is 15.5. The lowest BCUT2D eigenvalue weighted by molar-refractivity contribution is 0.213. The first-order chi connectivity index (χ1) is 9.34. The first-order valence-electron chi connectivity index (χ1n) is 7.27. The van der Waals surface area contributed by atoms with Crippen LogP contribution in [0.1, 0.15) is 38.7 Å². The minimum Gasteiger partial charge on any atom is -0.316 e. The number of hydrogen-bond acceptors (Lipinski definition) is 3. The maximum Gasteiger partial charge on any atom is 0.158 e. The van der Waals surface area contributed by atoms with Crippen LogP contribution in [-0.4, -0.2) is 26.8 Å². The van der Waals surface area contributed by atoms with Crippen LogP contribution < -0.4 is 5.32 Å². The second-order valence-electron chi connectivity index (χ2n) is 6.63. The van der Waals surface area contributed by atoms with Crippen molar-refractivity contribution in [1.82, 2.24) is 5.32 Å². The van der Waals surface area contributed by atoms with E-state index in [1.807, 2.05) is 37.4 Å². The van der Waals surface area contributed by atoms with Crippen molar-refractivity contribution < 1.29 is 8.42 Å². The summed E-state index contributed by atoms with van der Waals surface area (Å²) in [4.78, 5) is 0. The molecule has 0 aliphatic heterocycles. The molecule has 1 fully saturated rings. The lowest BCUT2D eigenvalue weighted by atomic mass is 9.75. The molecule has 1 N–H and O–H groups in total. The molecule has 0 amide bonds. The SMILES string of the molecule is CNC1CCC(C)(C)CC1S(=O)(=O)Cc1ccccc1. The molecule has 20 heavy (non-hydrogen) atoms. The molecule has 1 aromatic carbocycles. The molecule has 1 aliphatic rings. The van der Waals surface area contributed by atoms with Gasteiger partial charge in [-0.25, -0.2) is 8.42 Å². The molecular weight excluding hydrogens is 270 g/mol. The summed E-state index contributed by atoms with van der Waals surface area (Å²) in [6, 6.07) is 9.56. The number of benzene rings is 1. The summed E-state index contributed by atoms with van der Waals surface area (Å²) in [6.45, 7) is 4.34. The highest BCUT2D eigenvalue weighted by Crippen LogP contribution is 2.38. The molecule has 1 saturated carbocycles. The first-order valence-corrected chi connectivity index (χ1v) is 8.98. The van der Waals surface area contributed by atoms with Gasteiger partial charge in [0.05, 0.1) is 11.0 Å². The van der Waals surface area contributed by atoms with Crippen LogP contribution in [0.3, 0.4) is 0 Å². The number of hydrogen-bond donors (Lipinski definition) is 1. The number of nitrogens with one attached hydrogen (secondary N) is 1. The standard InChI is InChI=1S/C16H25NO2S/c1-16(2)10-9-14(17-3)15(11-16)20(18,19)12-13-7-5-4-6-8-13/h4-8,14-15,17H,9-12H2,1-3H3. The Labute approximate surface area is 122 Å². The average molecular weight is 295 g/mol. The second-order valence-corrected chi connectivity index (χ2v) is 8.85. The van der Waals surface area contributed by atoms with Gasteiger partial charge >= 0.3 is 0 Å². The Morgan fingerprint density at radius 2 is 1.90 bits per heavy atom. The van der Waals surface area contributed by atoms with Gasteiger partial charge in [-0.1, -0.05) is 44.2 Å². The van der Waals surface area contributed by atoms with E-state index in [-0.39, 0.29) is 22.5 Å². The van der Waals surface area contributed by atoms with Gasteiger partial charge in [0.1, 0.15) is 0 Å². The molecule has 112 valence electrons. The smallest absolute Gasteiger partial charge is 0.158 e. The third kappa shape index (κ3) is 3.61. The van der Waals surface area contributed by atoms with Gasteiger partial charge in [0.25, 0.3) is 0 Å². The van der Waals surface area contributed by atoms with Crippen LogP contribution in [0.25, 0.3) is 0 Å². The van der Waals surface area contributed by atoms with E-state index in [2.05, 4.69) is 19.2 Å². The van der Waals surface area contributed by atoms with Crippen molar-refractivity contribution in [3.63, 3.8) is 0 Å². The fourth-order valence-electron chi connectivity index (χ4n) is 3.14. The van der Waals surface area contributed by atoms with Crippen LogP contribution in [-0.2, 0) is 15.6 Å². The summed E-state index contributed by atoms with van der Waals surface area (Å²) < 4.78 is 25.5. The van der Waals surface area contributed by atoms with Crippen LogP contribution in [0.4, 0.5) is 0 Å². The Morgan fingerprint density at radius 3 is 2.50 bits per heavy atom. The van der Waals surface area contributed by atoms with Crippen molar-refractivity contribution in [3.8, 4) is 0 Å². The second kappa shape index (κ2) is 5.86. The predicted molar refractivity (Wildman–Crippen MR) is 83.3 cm³/mol. The third-order valence-electron chi connectivity index (χ3n) is 4.38.